The Morgan fingerprint density at radius 1 is 1.32 bits per heavy atom. The minimum atomic E-state index is -1.65. The van der Waals surface area contributed by atoms with Crippen LogP contribution in [-0.4, -0.2) is 23.9 Å². The molecule has 0 saturated carbocycles. The molecule has 0 saturated heterocycles. The van der Waals surface area contributed by atoms with E-state index in [4.69, 9.17) is 5.73 Å². The van der Waals surface area contributed by atoms with Crippen LogP contribution in [0.1, 0.15) is 32.3 Å². The molecule has 0 spiro atoms. The van der Waals surface area contributed by atoms with Gasteiger partial charge in [-0.3, -0.25) is 4.79 Å². The van der Waals surface area contributed by atoms with E-state index in [0.717, 1.165) is 11.1 Å². The Kier molecular flexibility index (Phi) is 4.79. The van der Waals surface area contributed by atoms with Crippen molar-refractivity contribution in [1.29, 1.82) is 15.8 Å². The van der Waals surface area contributed by atoms with Gasteiger partial charge in [-0.25, -0.2) is 0 Å². The fraction of sp³-hybridized carbons (Fsp3) is 0.429. The molecule has 28 heavy (non-hydrogen) atoms. The molecule has 6 nitrogen and oxygen atoms in total. The van der Waals surface area contributed by atoms with E-state index in [2.05, 4.69) is 18.2 Å². The lowest BCUT2D eigenvalue weighted by Crippen LogP contribution is -2.51. The van der Waals surface area contributed by atoms with E-state index in [1.54, 1.807) is 4.90 Å². The Hall–Kier alpha value is -3.08. The molecule has 1 amide bonds. The molecule has 0 bridgehead atoms. The van der Waals surface area contributed by atoms with Gasteiger partial charge in [0, 0.05) is 30.3 Å². The second-order valence-corrected chi connectivity index (χ2v) is 8.97. The number of amides is 1. The van der Waals surface area contributed by atoms with Crippen molar-refractivity contribution < 1.29 is 4.79 Å². The lowest BCUT2D eigenvalue weighted by Gasteiger charge is -2.46. The molecule has 0 unspecified atom stereocenters. The first-order valence-electron chi connectivity index (χ1n) is 8.96. The lowest BCUT2D eigenvalue weighted by molar-refractivity contribution is -0.139. The fourth-order valence-corrected chi connectivity index (χ4v) is 4.84. The van der Waals surface area contributed by atoms with Crippen LogP contribution in [0, 0.1) is 50.7 Å². The minimum absolute atomic E-state index is 0.00702. The molecular formula is C21H21N5OS. The molecule has 2 atom stereocenters. The zero-order valence-corrected chi connectivity index (χ0v) is 16.9. The Labute approximate surface area is 168 Å². The van der Waals surface area contributed by atoms with E-state index in [1.165, 1.54) is 11.3 Å². The van der Waals surface area contributed by atoms with Crippen LogP contribution in [0.3, 0.4) is 0 Å². The predicted molar refractivity (Wildman–Crippen MR) is 105 cm³/mol. The van der Waals surface area contributed by atoms with Crippen LogP contribution in [0.5, 0.6) is 0 Å². The first-order valence-corrected chi connectivity index (χ1v) is 9.90. The van der Waals surface area contributed by atoms with Gasteiger partial charge in [0.2, 0.25) is 5.91 Å². The van der Waals surface area contributed by atoms with Crippen molar-refractivity contribution in [2.75, 3.05) is 13.1 Å². The summed E-state index contributed by atoms with van der Waals surface area (Å²) in [4.78, 5) is 14.6. The van der Waals surface area contributed by atoms with Gasteiger partial charge in [-0.2, -0.15) is 27.1 Å². The van der Waals surface area contributed by atoms with Gasteiger partial charge < -0.3 is 10.6 Å². The zero-order valence-electron chi connectivity index (χ0n) is 16.1. The van der Waals surface area contributed by atoms with E-state index < -0.39 is 16.7 Å². The van der Waals surface area contributed by atoms with Crippen LogP contribution in [0.2, 0.25) is 0 Å². The van der Waals surface area contributed by atoms with Crippen molar-refractivity contribution in [2.45, 2.75) is 26.7 Å². The third kappa shape index (κ3) is 2.78. The zero-order chi connectivity index (χ0) is 20.7. The quantitative estimate of drug-likeness (QED) is 0.789. The van der Waals surface area contributed by atoms with Crippen molar-refractivity contribution in [3.05, 3.63) is 45.3 Å². The number of fused-ring (bicyclic) bond motifs is 1. The smallest absolute Gasteiger partial charge is 0.228 e. The SMILES string of the molecule is CC(C)(C)C(=O)N1CC=C2C(C#N)=C(N)C(C#N)(C#N)[C@@H](c3ccsc3)[C@@H]2C1. The molecule has 142 valence electrons. The van der Waals surface area contributed by atoms with Gasteiger partial charge >= 0.3 is 0 Å². The van der Waals surface area contributed by atoms with Crippen LogP contribution in [0.15, 0.2) is 39.7 Å². The summed E-state index contributed by atoms with van der Waals surface area (Å²) in [6.07, 6.45) is 1.85. The minimum Gasteiger partial charge on any atom is -0.399 e. The largest absolute Gasteiger partial charge is 0.399 e. The molecule has 2 heterocycles. The summed E-state index contributed by atoms with van der Waals surface area (Å²) in [6, 6.07) is 8.19. The van der Waals surface area contributed by atoms with Crippen molar-refractivity contribution in [3.63, 3.8) is 0 Å². The van der Waals surface area contributed by atoms with Crippen LogP contribution >= 0.6 is 11.3 Å². The van der Waals surface area contributed by atoms with E-state index in [9.17, 15) is 20.6 Å². The molecule has 0 aromatic carbocycles. The first-order chi connectivity index (χ1) is 13.2. The highest BCUT2D eigenvalue weighted by Crippen LogP contribution is 2.54. The number of carbonyl (C=O) groups is 1. The second-order valence-electron chi connectivity index (χ2n) is 8.19. The summed E-state index contributed by atoms with van der Waals surface area (Å²) >= 11 is 1.47. The molecule has 1 aliphatic heterocycles. The average molecular weight is 392 g/mol. The number of nitrogens with zero attached hydrogens (tertiary/aromatic N) is 4. The van der Waals surface area contributed by atoms with Gasteiger partial charge in [-0.15, -0.1) is 0 Å². The van der Waals surface area contributed by atoms with E-state index in [-0.39, 0.29) is 23.1 Å². The Balaban J connectivity index is 2.22. The maximum absolute atomic E-state index is 12.9. The van der Waals surface area contributed by atoms with Crippen molar-refractivity contribution in [3.8, 4) is 18.2 Å². The molecule has 1 aliphatic carbocycles. The summed E-state index contributed by atoms with van der Waals surface area (Å²) in [5.41, 5.74) is 5.82. The normalized spacial score (nSPS) is 23.7. The number of thiophene rings is 1. The second kappa shape index (κ2) is 6.82. The molecule has 1 aromatic heterocycles. The highest BCUT2D eigenvalue weighted by molar-refractivity contribution is 7.08. The summed E-state index contributed by atoms with van der Waals surface area (Å²) in [5, 5.41) is 33.5. The van der Waals surface area contributed by atoms with Crippen molar-refractivity contribution >= 4 is 17.2 Å². The number of hydrogen-bond donors (Lipinski definition) is 1. The number of hydrogen-bond acceptors (Lipinski definition) is 6. The topological polar surface area (TPSA) is 118 Å². The molecule has 0 fully saturated rings. The first kappa shape index (κ1) is 19.7. The molecule has 7 heteroatoms. The van der Waals surface area contributed by atoms with Crippen LogP contribution < -0.4 is 5.73 Å². The highest BCUT2D eigenvalue weighted by atomic mass is 32.1. The monoisotopic (exact) mass is 391 g/mol. The lowest BCUT2D eigenvalue weighted by atomic mass is 9.58. The van der Waals surface area contributed by atoms with Crippen molar-refractivity contribution in [2.24, 2.45) is 22.5 Å². The number of carbonyl (C=O) groups excluding carboxylic acids is 1. The summed E-state index contributed by atoms with van der Waals surface area (Å²) in [7, 11) is 0. The number of rotatable bonds is 1. The summed E-state index contributed by atoms with van der Waals surface area (Å²) in [5.74, 6) is -0.906. The standard InChI is InChI=1S/C21H21N5OS/c1-20(2,3)19(27)26-6-4-14-15(8-22)18(25)21(11-23,12-24)17(16(14)9-26)13-5-7-28-10-13/h4-5,7,10,16-17H,6,9,25H2,1-3H3/t16-,17+/m1/s1. The summed E-state index contributed by atoms with van der Waals surface area (Å²) in [6.45, 7) is 6.30. The van der Waals surface area contributed by atoms with E-state index >= 15 is 0 Å². The number of allylic oxidation sites excluding steroid dienone is 2. The van der Waals surface area contributed by atoms with Crippen LogP contribution in [0.25, 0.3) is 0 Å². The van der Waals surface area contributed by atoms with Gasteiger partial charge in [0.25, 0.3) is 0 Å². The third-order valence-corrected chi connectivity index (χ3v) is 6.20. The maximum Gasteiger partial charge on any atom is 0.228 e. The number of nitrogens with two attached hydrogens (primary N) is 1. The average Bonchev–Trinajstić information content (AvgIpc) is 3.19. The summed E-state index contributed by atoms with van der Waals surface area (Å²) < 4.78 is 0. The molecule has 2 aliphatic rings. The highest BCUT2D eigenvalue weighted by Gasteiger charge is 2.55. The van der Waals surface area contributed by atoms with Crippen LogP contribution in [0.4, 0.5) is 0 Å². The molecule has 2 N–H and O–H groups in total. The van der Waals surface area contributed by atoms with Gasteiger partial charge in [0.15, 0.2) is 5.41 Å². The number of nitriles is 3. The van der Waals surface area contributed by atoms with Gasteiger partial charge in [-0.1, -0.05) is 26.8 Å². The molecule has 0 radical (unpaired) electrons. The van der Waals surface area contributed by atoms with Crippen molar-refractivity contribution in [1.82, 2.24) is 4.90 Å². The van der Waals surface area contributed by atoms with Gasteiger partial charge in [-0.05, 0) is 28.0 Å². The molecule has 3 rings (SSSR count). The maximum atomic E-state index is 12.9. The third-order valence-electron chi connectivity index (χ3n) is 5.50. The fourth-order valence-electron chi connectivity index (χ4n) is 4.15. The van der Waals surface area contributed by atoms with E-state index in [0.29, 0.717) is 13.1 Å². The van der Waals surface area contributed by atoms with Gasteiger partial charge in [0.1, 0.15) is 6.07 Å². The molecule has 1 aromatic rings. The molecular weight excluding hydrogens is 370 g/mol. The predicted octanol–water partition coefficient (Wildman–Crippen LogP) is 3.05. The Morgan fingerprint density at radius 2 is 2.00 bits per heavy atom. The Morgan fingerprint density at radius 3 is 2.50 bits per heavy atom. The van der Waals surface area contributed by atoms with E-state index in [1.807, 2.05) is 43.7 Å². The van der Waals surface area contributed by atoms with Gasteiger partial charge in [0.05, 0.1) is 23.4 Å². The van der Waals surface area contributed by atoms with Crippen LogP contribution in [-0.2, 0) is 4.79 Å². The Bertz CT molecular complexity index is 978.